The Kier molecular flexibility index (Phi) is 7.74. The number of nitrogens with two attached hydrogens (primary N) is 1. The molecule has 5 atom stereocenters. The van der Waals surface area contributed by atoms with Gasteiger partial charge in [0.15, 0.2) is 11.9 Å². The first-order valence-corrected chi connectivity index (χ1v) is 11.2. The van der Waals surface area contributed by atoms with Gasteiger partial charge in [-0.3, -0.25) is 9.59 Å². The van der Waals surface area contributed by atoms with Gasteiger partial charge in [-0.2, -0.15) is 10.4 Å². The zero-order chi connectivity index (χ0) is 25.9. The summed E-state index contributed by atoms with van der Waals surface area (Å²) >= 11 is 0. The molecule has 3 rings (SSSR count). The summed E-state index contributed by atoms with van der Waals surface area (Å²) in [7, 11) is 0. The van der Waals surface area contributed by atoms with Gasteiger partial charge in [-0.1, -0.05) is 27.4 Å². The van der Waals surface area contributed by atoms with Crippen LogP contribution in [0.4, 0.5) is 5.82 Å². The lowest BCUT2D eigenvalue weighted by Gasteiger charge is -2.24. The Morgan fingerprint density at radius 1 is 1.46 bits per heavy atom. The van der Waals surface area contributed by atoms with Crippen molar-refractivity contribution in [3.8, 4) is 6.07 Å². The van der Waals surface area contributed by atoms with E-state index in [2.05, 4.69) is 22.0 Å². The number of fused-ring (bicyclic) bond motifs is 1. The number of rotatable bonds is 9. The Morgan fingerprint density at radius 2 is 2.17 bits per heavy atom. The Morgan fingerprint density at radius 3 is 2.77 bits per heavy atom. The first-order chi connectivity index (χ1) is 16.5. The van der Waals surface area contributed by atoms with Gasteiger partial charge >= 0.3 is 11.9 Å². The van der Waals surface area contributed by atoms with Crippen LogP contribution in [0.15, 0.2) is 30.7 Å². The molecule has 4 N–H and O–H groups in total. The van der Waals surface area contributed by atoms with E-state index in [9.17, 15) is 20.0 Å². The molecule has 0 unspecified atom stereocenters. The van der Waals surface area contributed by atoms with Crippen LogP contribution >= 0.6 is 0 Å². The zero-order valence-corrected chi connectivity index (χ0v) is 20.1. The van der Waals surface area contributed by atoms with Gasteiger partial charge in [0.05, 0.1) is 5.69 Å². The summed E-state index contributed by atoms with van der Waals surface area (Å²) in [6.07, 6.45) is -2.73. The van der Waals surface area contributed by atoms with Crippen molar-refractivity contribution in [2.45, 2.75) is 64.1 Å². The van der Waals surface area contributed by atoms with Gasteiger partial charge in [-0.15, -0.1) is 0 Å². The van der Waals surface area contributed by atoms with Gasteiger partial charge in [0.2, 0.25) is 5.60 Å². The van der Waals surface area contributed by atoms with Crippen LogP contribution in [0.1, 0.15) is 39.8 Å². The average molecular weight is 487 g/mol. The van der Waals surface area contributed by atoms with Gasteiger partial charge in [0.25, 0.3) is 0 Å². The molecule has 0 amide bonds. The Bertz CT molecular complexity index is 1160. The number of anilines is 1. The highest BCUT2D eigenvalue weighted by Gasteiger charge is 2.60. The van der Waals surface area contributed by atoms with Crippen LogP contribution in [-0.4, -0.2) is 62.6 Å². The van der Waals surface area contributed by atoms with E-state index < -0.39 is 41.9 Å². The molecule has 12 nitrogen and oxygen atoms in total. The number of nitrogens with one attached hydrogen (secondary N) is 1. The second-order valence-corrected chi connectivity index (χ2v) is 8.69. The molecule has 1 saturated heterocycles. The molecular formula is C23H30N6O6. The van der Waals surface area contributed by atoms with Gasteiger partial charge in [-0.05, 0) is 25.0 Å². The largest absolute Gasteiger partial charge is 0.462 e. The summed E-state index contributed by atoms with van der Waals surface area (Å²) in [4.78, 5) is 28.6. The molecule has 0 bridgehead atoms. The number of nitrogens with zero attached hydrogens (tertiary/aromatic N) is 4. The molecule has 0 spiro atoms. The molecule has 1 aliphatic rings. The van der Waals surface area contributed by atoms with Crippen molar-refractivity contribution in [1.29, 1.82) is 5.26 Å². The van der Waals surface area contributed by atoms with Crippen LogP contribution in [0.3, 0.4) is 0 Å². The van der Waals surface area contributed by atoms with E-state index in [1.165, 1.54) is 10.8 Å². The van der Waals surface area contributed by atoms with Gasteiger partial charge < -0.3 is 30.4 Å². The number of ether oxygens (including phenoxy) is 3. The van der Waals surface area contributed by atoms with Crippen molar-refractivity contribution in [2.75, 3.05) is 11.9 Å². The minimum absolute atomic E-state index is 0.0325. The Balaban J connectivity index is 2.00. The first-order valence-electron chi connectivity index (χ1n) is 11.2. The molecule has 188 valence electrons. The quantitative estimate of drug-likeness (QED) is 0.431. The van der Waals surface area contributed by atoms with Crippen molar-refractivity contribution in [1.82, 2.24) is 14.6 Å². The van der Waals surface area contributed by atoms with Crippen LogP contribution in [0, 0.1) is 17.2 Å². The second kappa shape index (κ2) is 10.4. The van der Waals surface area contributed by atoms with Crippen LogP contribution in [-0.2, 0) is 29.4 Å². The number of esters is 2. The first kappa shape index (κ1) is 26.1. The molecule has 1 aliphatic heterocycles. The minimum atomic E-state index is -1.99. The van der Waals surface area contributed by atoms with Gasteiger partial charge in [-0.25, -0.2) is 9.50 Å². The number of hydrogen-bond acceptors (Lipinski definition) is 11. The lowest BCUT2D eigenvalue weighted by Crippen LogP contribution is -2.43. The van der Waals surface area contributed by atoms with Crippen LogP contribution in [0.25, 0.3) is 5.52 Å². The highest BCUT2D eigenvalue weighted by molar-refractivity contribution is 5.75. The number of carbonyl (C=O) groups is 2. The second-order valence-electron chi connectivity index (χ2n) is 8.69. The fraction of sp³-hybridized carbons (Fsp3) is 0.522. The van der Waals surface area contributed by atoms with E-state index in [0.29, 0.717) is 17.0 Å². The summed E-state index contributed by atoms with van der Waals surface area (Å²) in [6, 6.07) is 4.35. The van der Waals surface area contributed by atoms with E-state index in [-0.39, 0.29) is 24.6 Å². The molecule has 35 heavy (non-hydrogen) atoms. The number of carbonyl (C=O) groups excluding carboxylic acids is 2. The lowest BCUT2D eigenvalue weighted by molar-refractivity contribution is -0.160. The van der Waals surface area contributed by atoms with E-state index in [1.54, 1.807) is 39.8 Å². The summed E-state index contributed by atoms with van der Waals surface area (Å²) in [5, 5.41) is 28.7. The Labute approximate surface area is 202 Å². The molecule has 12 heteroatoms. The molecule has 2 aromatic rings. The predicted octanol–water partition coefficient (Wildman–Crippen LogP) is 1.00. The number of nitriles is 1. The summed E-state index contributed by atoms with van der Waals surface area (Å²) in [6.45, 7) is 10.3. The van der Waals surface area contributed by atoms with Crippen molar-refractivity contribution in [3.05, 3.63) is 36.4 Å². The molecule has 1 fully saturated rings. The smallest absolute Gasteiger partial charge is 0.323 e. The van der Waals surface area contributed by atoms with Crippen molar-refractivity contribution >= 4 is 23.3 Å². The van der Waals surface area contributed by atoms with E-state index >= 15 is 0 Å². The highest BCUT2D eigenvalue weighted by Crippen LogP contribution is 2.42. The van der Waals surface area contributed by atoms with Crippen LogP contribution < -0.4 is 11.1 Å². The molecule has 3 heterocycles. The van der Waals surface area contributed by atoms with Crippen molar-refractivity contribution in [2.24, 2.45) is 11.7 Å². The summed E-state index contributed by atoms with van der Waals surface area (Å²) in [5.74, 6) is -1.03. The zero-order valence-electron chi connectivity index (χ0n) is 20.1. The maximum atomic E-state index is 12.3. The van der Waals surface area contributed by atoms with E-state index in [1.807, 2.05) is 6.07 Å². The SMILES string of the molecule is C=C(C)Nc1ncnn2c([C@]3(C#N)O[C@H](COC(=O)[C@@H](N)C(C)C)[C@@H](OC(=O)CC)[C@H]3O)ccc12. The third-order valence-corrected chi connectivity index (χ3v) is 5.70. The van der Waals surface area contributed by atoms with E-state index in [4.69, 9.17) is 19.9 Å². The molecule has 0 saturated carbocycles. The number of aliphatic hydroxyl groups is 1. The van der Waals surface area contributed by atoms with Crippen LogP contribution in [0.5, 0.6) is 0 Å². The normalized spacial score (nSPS) is 24.7. The lowest BCUT2D eigenvalue weighted by atomic mass is 9.92. The van der Waals surface area contributed by atoms with Gasteiger partial charge in [0.1, 0.15) is 42.8 Å². The van der Waals surface area contributed by atoms with Gasteiger partial charge in [0, 0.05) is 12.1 Å². The minimum Gasteiger partial charge on any atom is -0.462 e. The molecule has 0 radical (unpaired) electrons. The maximum Gasteiger partial charge on any atom is 0.323 e. The maximum absolute atomic E-state index is 12.3. The van der Waals surface area contributed by atoms with Crippen LogP contribution in [0.2, 0.25) is 0 Å². The third kappa shape index (κ3) is 4.97. The highest BCUT2D eigenvalue weighted by atomic mass is 16.6. The molecule has 0 aromatic carbocycles. The Hall–Kier alpha value is -3.53. The number of aliphatic hydroxyl groups excluding tert-OH is 1. The standard InChI is InChI=1S/C23H30N6O6/c1-6-17(30)34-19-15(9-33-22(32)18(25)12(2)3)35-23(10-24,20(19)31)16-8-7-14-21(28-13(4)5)26-11-27-29(14)16/h7-8,11-12,15,18-20,31H,4,6,9,25H2,1-3,5H3,(H,26,27,28)/t15-,18+,19-,20-,23+/m1/s1. The monoisotopic (exact) mass is 486 g/mol. The molecule has 0 aliphatic carbocycles. The average Bonchev–Trinajstić information content (AvgIpc) is 3.37. The summed E-state index contributed by atoms with van der Waals surface area (Å²) < 4.78 is 18.1. The number of allylic oxidation sites excluding steroid dienone is 1. The fourth-order valence-electron chi connectivity index (χ4n) is 3.72. The topological polar surface area (TPSA) is 174 Å². The van der Waals surface area contributed by atoms with Crippen molar-refractivity contribution in [3.63, 3.8) is 0 Å². The molecule has 2 aromatic heterocycles. The number of hydrogen-bond donors (Lipinski definition) is 3. The third-order valence-electron chi connectivity index (χ3n) is 5.70. The van der Waals surface area contributed by atoms with Crippen molar-refractivity contribution < 1.29 is 28.9 Å². The summed E-state index contributed by atoms with van der Waals surface area (Å²) in [5.41, 5.74) is 5.16. The van der Waals surface area contributed by atoms with E-state index in [0.717, 1.165) is 0 Å². The number of aromatic nitrogens is 3. The fourth-order valence-corrected chi connectivity index (χ4v) is 3.72. The molecular weight excluding hydrogens is 456 g/mol. The predicted molar refractivity (Wildman–Crippen MR) is 124 cm³/mol.